The van der Waals surface area contributed by atoms with Gasteiger partial charge in [-0.15, -0.1) is 0 Å². The molecule has 0 fully saturated rings. The maximum absolute atomic E-state index is 13.5. The molecule has 0 saturated heterocycles. The van der Waals surface area contributed by atoms with Crippen molar-refractivity contribution in [1.29, 1.82) is 0 Å². The summed E-state index contributed by atoms with van der Waals surface area (Å²) in [5, 5.41) is 8.05. The van der Waals surface area contributed by atoms with E-state index in [1.54, 1.807) is 12.1 Å². The maximum Gasteiger partial charge on any atom is 0 e. The summed E-state index contributed by atoms with van der Waals surface area (Å²) >= 11 is 7.85. The topological polar surface area (TPSA) is 34.1 Å². The van der Waals surface area contributed by atoms with Gasteiger partial charge in [0.05, 0.1) is 21.0 Å². The zero-order valence-electron chi connectivity index (χ0n) is 35.5. The Hall–Kier alpha value is -2.93. The average molecular weight is 1250 g/mol. The maximum atomic E-state index is 13.5. The molecule has 320 valence electrons. The zero-order chi connectivity index (χ0) is 45.4. The Morgan fingerprint density at radius 1 is 0.477 bits per heavy atom. The number of hydrogen-bond acceptors (Lipinski definition) is 2. The van der Waals surface area contributed by atoms with E-state index in [1.807, 2.05) is 96.8 Å². The van der Waals surface area contributed by atoms with E-state index >= 15 is 0 Å². The second kappa shape index (κ2) is 30.4. The van der Waals surface area contributed by atoms with E-state index in [4.69, 9.17) is 15.7 Å². The minimum absolute atomic E-state index is 0. The van der Waals surface area contributed by atoms with E-state index in [1.165, 1.54) is 15.9 Å². The van der Waals surface area contributed by atoms with Crippen LogP contribution >= 0.6 is 70.7 Å². The summed E-state index contributed by atoms with van der Waals surface area (Å²) in [7, 11) is 11.3. The Labute approximate surface area is 439 Å². The molecule has 0 amide bonds. The van der Waals surface area contributed by atoms with Crippen molar-refractivity contribution in [3.63, 3.8) is 0 Å². The molecule has 0 N–H and O–H groups in total. The van der Waals surface area contributed by atoms with E-state index in [0.717, 1.165) is 32.6 Å². The summed E-state index contributed by atoms with van der Waals surface area (Å²) in [5.74, 6) is 2.09. The Balaban J connectivity index is 0.000000225. The number of rotatable bonds is 12. The quantitative estimate of drug-likeness (QED) is 0.0402. The molecule has 0 aromatic heterocycles. The molecule has 5 radical (unpaired) electrons. The molecular weight excluding hydrogens is 1200 g/mol. The van der Waals surface area contributed by atoms with Crippen LogP contribution in [0.1, 0.15) is 31.8 Å². The molecule has 0 atom stereocenters. The average Bonchev–Trinajstić information content (AvgIpc) is 3.38. The smallest absolute Gasteiger partial charge is 0 e. The number of Topliss-reactive ketones (excluding diaryl/α,β-unsaturated/α-hetero) is 2. The van der Waals surface area contributed by atoms with Crippen LogP contribution in [0.15, 0.2) is 231 Å². The molecule has 8 aromatic rings. The molecule has 2 nitrogen and oxygen atoms in total. The normalized spacial score (nSPS) is 10.2. The molecule has 11 heteroatoms. The van der Waals surface area contributed by atoms with Gasteiger partial charge in [0.1, 0.15) is 0 Å². The Morgan fingerprint density at radius 3 is 1.03 bits per heavy atom. The van der Waals surface area contributed by atoms with Gasteiger partial charge in [-0.2, -0.15) is 0 Å². The first-order chi connectivity index (χ1) is 31.4. The number of benzene rings is 8. The van der Waals surface area contributed by atoms with Crippen molar-refractivity contribution in [2.24, 2.45) is 0 Å². The van der Waals surface area contributed by atoms with Crippen LogP contribution in [0.4, 0.5) is 0 Å². The van der Waals surface area contributed by atoms with Gasteiger partial charge in [0.25, 0.3) is 0 Å². The van der Waals surface area contributed by atoms with Crippen molar-refractivity contribution in [2.45, 2.75) is 12.6 Å². The first-order valence-electron chi connectivity index (χ1n) is 20.4. The summed E-state index contributed by atoms with van der Waals surface area (Å²) in [5.41, 5.74) is 3.46. The number of carbonyl (C=O) groups excluding carboxylic acids is 2. The van der Waals surface area contributed by atoms with Gasteiger partial charge in [-0.3, -0.25) is 9.59 Å². The molecule has 8 aromatic carbocycles. The summed E-state index contributed by atoms with van der Waals surface area (Å²) in [4.78, 5) is 24.7. The summed E-state index contributed by atoms with van der Waals surface area (Å²) in [6.07, 6.45) is 0.982. The molecular formula is C54H45B2BrI2O2P2V2. The van der Waals surface area contributed by atoms with Crippen LogP contribution < -0.4 is 31.8 Å². The Kier molecular flexibility index (Phi) is 25.6. The number of halogens is 3. The van der Waals surface area contributed by atoms with Gasteiger partial charge in [-0.05, 0) is 52.4 Å². The Bertz CT molecular complexity index is 2440. The molecule has 0 spiro atoms. The van der Waals surface area contributed by atoms with E-state index < -0.39 is 14.8 Å². The van der Waals surface area contributed by atoms with Gasteiger partial charge >= 0.3 is 49.4 Å². The first-order valence-corrected chi connectivity index (χ1v) is 33.7. The number of hydrogen-bond donors (Lipinski definition) is 0. The third-order valence-corrected chi connectivity index (χ3v) is 16.9. The van der Waals surface area contributed by atoms with Crippen LogP contribution in [0.3, 0.4) is 0 Å². The zero-order valence-corrected chi connectivity index (χ0v) is 46.0. The van der Waals surface area contributed by atoms with Crippen LogP contribution in [0, 0.1) is 0 Å². The molecule has 0 unspecified atom stereocenters. The third kappa shape index (κ3) is 16.4. The minimum Gasteiger partial charge on any atom is -0.0622 e. The van der Waals surface area contributed by atoms with Crippen molar-refractivity contribution in [3.05, 3.63) is 253 Å². The fraction of sp³-hybridized carbons (Fsp3) is 0.0556. The molecule has 0 heterocycles. The fourth-order valence-corrected chi connectivity index (χ4v) is 13.2. The standard InChI is InChI=1S/C27H22BOP.C18H15P.C9H8BBrO.2HI.2V/c28-20-22-16-18-23(19-17-22)27(29)21-30(24-10-4-1-5-11-24,25-12-6-2-7-13-25)26-14-8-3-9-15-26;1-4-10-16(11-5-1)19(17-12-6-2-7-13-17)18-14-8-3-9-15-18;10-5-7-1-3-8(4-2-7)9(12)6-11;;;;/h1-19,21H,20H2;1-15H;1-4H,5-6H2;2*1H;;/q;;;;;;+2/p-2. The summed E-state index contributed by atoms with van der Waals surface area (Å²) < 4.78 is 0. The van der Waals surface area contributed by atoms with Gasteiger partial charge in [-0.1, -0.05) is 270 Å². The van der Waals surface area contributed by atoms with Crippen molar-refractivity contribution >= 4 is 136 Å². The van der Waals surface area contributed by atoms with E-state index in [2.05, 4.69) is 183 Å². The van der Waals surface area contributed by atoms with E-state index in [0.29, 0.717) is 33.0 Å². The summed E-state index contributed by atoms with van der Waals surface area (Å²) in [6, 6.07) is 78.4. The molecule has 0 aliphatic rings. The predicted molar refractivity (Wildman–Crippen MR) is 299 cm³/mol. The SMILES string of the molecule is [B]Cc1ccc(C(=O)C=P(c2ccccc2)(c2ccccc2)c2ccccc2)cc1.[B]Cc1ccc(C(=O)CBr)cc1.[I][V][I].[V].c1ccc(P(c2ccccc2)c2ccccc2)cc1. The Morgan fingerprint density at radius 2 is 0.754 bits per heavy atom. The van der Waals surface area contributed by atoms with Crippen molar-refractivity contribution in [3.8, 4) is 0 Å². The number of alkyl halides is 1. The molecule has 0 aliphatic carbocycles. The molecule has 65 heavy (non-hydrogen) atoms. The van der Waals surface area contributed by atoms with Crippen molar-refractivity contribution < 1.29 is 37.6 Å². The van der Waals surface area contributed by atoms with Crippen LogP contribution in [0.25, 0.3) is 0 Å². The van der Waals surface area contributed by atoms with Crippen molar-refractivity contribution in [1.82, 2.24) is 0 Å². The molecule has 8 rings (SSSR count). The van der Waals surface area contributed by atoms with Gasteiger partial charge in [-0.25, -0.2) is 0 Å². The molecule has 0 saturated carbocycles. The number of ketones is 2. The fourth-order valence-electron chi connectivity index (χ4n) is 6.80. The predicted octanol–water partition coefficient (Wildman–Crippen LogP) is 11.5. The number of carbonyl (C=O) groups is 2. The van der Waals surface area contributed by atoms with Crippen LogP contribution in [-0.4, -0.2) is 38.4 Å². The van der Waals surface area contributed by atoms with Gasteiger partial charge < -0.3 is 0 Å². The monoisotopic (exact) mass is 1240 g/mol. The largest absolute Gasteiger partial charge is 0.0622 e. The third-order valence-electron chi connectivity index (χ3n) is 9.95. The molecule has 0 aliphatic heterocycles. The first kappa shape index (κ1) is 54.7. The molecule has 0 bridgehead atoms. The van der Waals surface area contributed by atoms with Gasteiger partial charge in [0.2, 0.25) is 0 Å². The van der Waals surface area contributed by atoms with E-state index in [-0.39, 0.29) is 30.1 Å². The van der Waals surface area contributed by atoms with Gasteiger partial charge in [0, 0.05) is 29.7 Å². The van der Waals surface area contributed by atoms with Crippen molar-refractivity contribution in [2.75, 3.05) is 5.33 Å². The second-order valence-corrected chi connectivity index (χ2v) is 31.8. The minimum atomic E-state index is -2.29. The van der Waals surface area contributed by atoms with E-state index in [9.17, 15) is 9.59 Å². The van der Waals surface area contributed by atoms with Crippen LogP contribution in [-0.2, 0) is 40.7 Å². The summed E-state index contributed by atoms with van der Waals surface area (Å²) in [6.45, 7) is -2.29. The van der Waals surface area contributed by atoms with Gasteiger partial charge in [0.15, 0.2) is 11.6 Å². The van der Waals surface area contributed by atoms with Crippen LogP contribution in [0.5, 0.6) is 0 Å². The second-order valence-electron chi connectivity index (χ2n) is 14.0. The van der Waals surface area contributed by atoms with Crippen LogP contribution in [0.2, 0.25) is 0 Å².